The summed E-state index contributed by atoms with van der Waals surface area (Å²) in [6.07, 6.45) is 6.33. The molecule has 0 fully saturated rings. The Morgan fingerprint density at radius 1 is 0.387 bits per heavy atom. The van der Waals surface area contributed by atoms with Crippen LogP contribution in [-0.2, 0) is 0 Å². The Bertz CT molecular complexity index is 1060. The molecule has 0 aliphatic carbocycles. The van der Waals surface area contributed by atoms with E-state index in [1.54, 1.807) is 35.3 Å². The number of anilines is 3. The number of hydrogen-bond acceptors (Lipinski definition) is 4. The summed E-state index contributed by atoms with van der Waals surface area (Å²) < 4.78 is 0. The molecule has 4 aromatic carbocycles. The topological polar surface area (TPSA) is 3.24 Å². The smallest absolute Gasteiger partial charge is 0.0462 e. The molecular weight excluding hydrogens is 435 g/mol. The molecule has 1 nitrogen and oxygen atoms in total. The summed E-state index contributed by atoms with van der Waals surface area (Å²) in [7, 11) is 0. The van der Waals surface area contributed by atoms with Crippen molar-refractivity contribution in [2.45, 2.75) is 14.7 Å². The van der Waals surface area contributed by atoms with E-state index >= 15 is 0 Å². The zero-order valence-corrected chi connectivity index (χ0v) is 20.4. The second-order valence-corrected chi connectivity index (χ2v) is 9.65. The highest BCUT2D eigenvalue weighted by molar-refractivity contribution is 7.99. The van der Waals surface area contributed by atoms with E-state index in [4.69, 9.17) is 0 Å². The summed E-state index contributed by atoms with van der Waals surface area (Å²) in [5.41, 5.74) is 5.94. The molecule has 0 bridgehead atoms. The van der Waals surface area contributed by atoms with Crippen LogP contribution in [0.2, 0.25) is 0 Å². The lowest BCUT2D eigenvalue weighted by molar-refractivity contribution is 1.26. The molecule has 31 heavy (non-hydrogen) atoms. The Labute approximate surface area is 198 Å². The minimum atomic E-state index is 1.15. The lowest BCUT2D eigenvalue weighted by Crippen LogP contribution is -2.09. The molecule has 0 N–H and O–H groups in total. The first-order chi connectivity index (χ1) is 15.2. The summed E-state index contributed by atoms with van der Waals surface area (Å²) in [6, 6.07) is 35.1. The second kappa shape index (κ2) is 10.4. The van der Waals surface area contributed by atoms with Crippen LogP contribution in [0.15, 0.2) is 112 Å². The van der Waals surface area contributed by atoms with Crippen molar-refractivity contribution in [1.82, 2.24) is 0 Å². The fourth-order valence-electron chi connectivity index (χ4n) is 3.50. The highest BCUT2D eigenvalue weighted by Crippen LogP contribution is 2.37. The van der Waals surface area contributed by atoms with Crippen LogP contribution in [0.4, 0.5) is 17.1 Å². The Morgan fingerprint density at radius 2 is 0.645 bits per heavy atom. The van der Waals surface area contributed by atoms with E-state index in [1.807, 2.05) is 0 Å². The Hall–Kier alpha value is -2.27. The summed E-state index contributed by atoms with van der Waals surface area (Å²) in [6.45, 7) is 0. The van der Waals surface area contributed by atoms with Crippen LogP contribution in [0.5, 0.6) is 0 Å². The molecular formula is C27H25NS3. The number of rotatable bonds is 7. The van der Waals surface area contributed by atoms with E-state index in [-0.39, 0.29) is 0 Å². The predicted molar refractivity (Wildman–Crippen MR) is 142 cm³/mol. The van der Waals surface area contributed by atoms with Crippen LogP contribution in [0.3, 0.4) is 0 Å². The van der Waals surface area contributed by atoms with Gasteiger partial charge in [0.1, 0.15) is 0 Å². The summed E-state index contributed by atoms with van der Waals surface area (Å²) >= 11 is 5.30. The van der Waals surface area contributed by atoms with Crippen molar-refractivity contribution in [3.05, 3.63) is 97.1 Å². The van der Waals surface area contributed by atoms with Crippen molar-refractivity contribution in [2.75, 3.05) is 23.7 Å². The van der Waals surface area contributed by atoms with Gasteiger partial charge in [0, 0.05) is 31.7 Å². The van der Waals surface area contributed by atoms with Crippen LogP contribution in [0.25, 0.3) is 11.1 Å². The Morgan fingerprint density at radius 3 is 0.968 bits per heavy atom. The maximum Gasteiger partial charge on any atom is 0.0462 e. The standard InChI is InChI=1S/C27H25NS3/c1-29-25-14-6-21(7-15-25)20-4-8-22(9-5-20)28(23-10-16-26(30-2)17-11-23)24-12-18-27(31-3)19-13-24/h4-19H,1-3H3. The molecule has 4 rings (SSSR count). The van der Waals surface area contributed by atoms with Crippen molar-refractivity contribution < 1.29 is 0 Å². The maximum absolute atomic E-state index is 2.31. The van der Waals surface area contributed by atoms with Gasteiger partial charge in [-0.1, -0.05) is 24.3 Å². The molecule has 4 aromatic rings. The summed E-state index contributed by atoms with van der Waals surface area (Å²) in [4.78, 5) is 6.14. The molecule has 0 aromatic heterocycles. The molecule has 0 atom stereocenters. The van der Waals surface area contributed by atoms with Gasteiger partial charge < -0.3 is 4.90 Å². The van der Waals surface area contributed by atoms with E-state index < -0.39 is 0 Å². The van der Waals surface area contributed by atoms with E-state index in [1.165, 1.54) is 25.8 Å². The van der Waals surface area contributed by atoms with E-state index in [0.29, 0.717) is 0 Å². The van der Waals surface area contributed by atoms with Crippen LogP contribution in [-0.4, -0.2) is 18.8 Å². The van der Waals surface area contributed by atoms with Gasteiger partial charge in [0.2, 0.25) is 0 Å². The van der Waals surface area contributed by atoms with Gasteiger partial charge in [-0.3, -0.25) is 0 Å². The number of thioether (sulfide) groups is 3. The lowest BCUT2D eigenvalue weighted by Gasteiger charge is -2.26. The first-order valence-corrected chi connectivity index (χ1v) is 13.7. The molecule has 156 valence electrons. The fraction of sp³-hybridized carbons (Fsp3) is 0.111. The molecule has 0 amide bonds. The molecule has 0 unspecified atom stereocenters. The minimum Gasteiger partial charge on any atom is -0.311 e. The third-order valence-electron chi connectivity index (χ3n) is 5.21. The normalized spacial score (nSPS) is 10.8. The molecule has 0 radical (unpaired) electrons. The Balaban J connectivity index is 1.71. The van der Waals surface area contributed by atoms with E-state index in [2.05, 4.69) is 121 Å². The van der Waals surface area contributed by atoms with Crippen LogP contribution in [0, 0.1) is 0 Å². The van der Waals surface area contributed by atoms with Crippen molar-refractivity contribution >= 4 is 52.3 Å². The van der Waals surface area contributed by atoms with Gasteiger partial charge in [-0.25, -0.2) is 0 Å². The third kappa shape index (κ3) is 5.15. The average molecular weight is 460 g/mol. The van der Waals surface area contributed by atoms with Crippen LogP contribution >= 0.6 is 35.3 Å². The summed E-state index contributed by atoms with van der Waals surface area (Å²) in [5.74, 6) is 0. The molecule has 0 aliphatic heterocycles. The van der Waals surface area contributed by atoms with Gasteiger partial charge in [-0.05, 0) is 103 Å². The molecule has 0 saturated heterocycles. The Kier molecular flexibility index (Phi) is 7.33. The largest absolute Gasteiger partial charge is 0.311 e. The molecule has 4 heteroatoms. The second-order valence-electron chi connectivity index (χ2n) is 7.01. The third-order valence-corrected chi connectivity index (χ3v) is 7.44. The van der Waals surface area contributed by atoms with Gasteiger partial charge in [0.05, 0.1) is 0 Å². The lowest BCUT2D eigenvalue weighted by atomic mass is 10.0. The minimum absolute atomic E-state index is 1.15. The average Bonchev–Trinajstić information content (AvgIpc) is 2.85. The van der Waals surface area contributed by atoms with Gasteiger partial charge in [0.15, 0.2) is 0 Å². The maximum atomic E-state index is 2.31. The van der Waals surface area contributed by atoms with Crippen molar-refractivity contribution in [1.29, 1.82) is 0 Å². The first kappa shape index (κ1) is 21.9. The van der Waals surface area contributed by atoms with Gasteiger partial charge >= 0.3 is 0 Å². The SMILES string of the molecule is CSc1ccc(-c2ccc(N(c3ccc(SC)cc3)c3ccc(SC)cc3)cc2)cc1. The summed E-state index contributed by atoms with van der Waals surface area (Å²) in [5, 5.41) is 0. The van der Waals surface area contributed by atoms with Crippen molar-refractivity contribution in [2.24, 2.45) is 0 Å². The van der Waals surface area contributed by atoms with Gasteiger partial charge in [0.25, 0.3) is 0 Å². The van der Waals surface area contributed by atoms with Crippen LogP contribution in [0.1, 0.15) is 0 Å². The first-order valence-electron chi connectivity index (χ1n) is 10.0. The highest BCUT2D eigenvalue weighted by atomic mass is 32.2. The number of nitrogens with zero attached hydrogens (tertiary/aromatic N) is 1. The monoisotopic (exact) mass is 459 g/mol. The predicted octanol–water partition coefficient (Wildman–Crippen LogP) is 8.99. The fourth-order valence-corrected chi connectivity index (χ4v) is 4.72. The highest BCUT2D eigenvalue weighted by Gasteiger charge is 2.13. The molecule has 0 heterocycles. The van der Waals surface area contributed by atoms with Crippen molar-refractivity contribution in [3.8, 4) is 11.1 Å². The van der Waals surface area contributed by atoms with Crippen molar-refractivity contribution in [3.63, 3.8) is 0 Å². The quantitative estimate of drug-likeness (QED) is 0.253. The zero-order chi connectivity index (χ0) is 21.6. The number of benzene rings is 4. The van der Waals surface area contributed by atoms with E-state index in [0.717, 1.165) is 17.1 Å². The zero-order valence-electron chi connectivity index (χ0n) is 17.9. The number of hydrogen-bond donors (Lipinski definition) is 0. The van der Waals surface area contributed by atoms with E-state index in [9.17, 15) is 0 Å². The van der Waals surface area contributed by atoms with Gasteiger partial charge in [-0.2, -0.15) is 0 Å². The molecule has 0 saturated carbocycles. The molecule has 0 aliphatic rings. The van der Waals surface area contributed by atoms with Crippen LogP contribution < -0.4 is 4.90 Å². The molecule has 0 spiro atoms. The van der Waals surface area contributed by atoms with Gasteiger partial charge in [-0.15, -0.1) is 35.3 Å².